The van der Waals surface area contributed by atoms with E-state index in [9.17, 15) is 19.2 Å². The van der Waals surface area contributed by atoms with Crippen LogP contribution in [0.25, 0.3) is 11.4 Å². The number of hydrogen-bond donors (Lipinski definition) is 5. The molecule has 0 bridgehead atoms. The molecule has 36 heavy (non-hydrogen) atoms. The lowest BCUT2D eigenvalue weighted by Gasteiger charge is -2.16. The maximum Gasteiger partial charge on any atom is 0.328 e. The molecule has 2 amide bonds. The average Bonchev–Trinajstić information content (AvgIpc) is 2.85. The number of amides is 2. The first-order valence-electron chi connectivity index (χ1n) is 11.5. The van der Waals surface area contributed by atoms with Crippen LogP contribution in [0.2, 0.25) is 0 Å². The molecule has 0 aliphatic rings. The van der Waals surface area contributed by atoms with E-state index in [2.05, 4.69) is 36.2 Å². The molecule has 3 aromatic rings. The summed E-state index contributed by atoms with van der Waals surface area (Å²) in [5.41, 5.74) is 0.876. The molecule has 2 aromatic heterocycles. The molecular weight excluding hydrogens is 464 g/mol. The summed E-state index contributed by atoms with van der Waals surface area (Å²) in [6, 6.07) is 9.54. The molecule has 190 valence electrons. The molecular formula is C24H30N8O4. The number of aromatic nitrogens is 4. The molecule has 12 heteroatoms. The van der Waals surface area contributed by atoms with Crippen LogP contribution in [0.1, 0.15) is 18.1 Å². The number of hydrogen-bond acceptors (Lipinski definition) is 8. The van der Waals surface area contributed by atoms with Gasteiger partial charge in [-0.3, -0.25) is 23.9 Å². The van der Waals surface area contributed by atoms with Crippen LogP contribution in [-0.2, 0) is 16.1 Å². The summed E-state index contributed by atoms with van der Waals surface area (Å²) in [7, 11) is 0. The van der Waals surface area contributed by atoms with Gasteiger partial charge < -0.3 is 21.3 Å². The van der Waals surface area contributed by atoms with Gasteiger partial charge in [0.05, 0.1) is 0 Å². The van der Waals surface area contributed by atoms with Gasteiger partial charge in [-0.1, -0.05) is 30.3 Å². The maximum atomic E-state index is 12.3. The molecule has 0 unspecified atom stereocenters. The van der Waals surface area contributed by atoms with Crippen LogP contribution in [-0.4, -0.2) is 57.5 Å². The molecule has 0 fully saturated rings. The predicted molar refractivity (Wildman–Crippen MR) is 137 cm³/mol. The number of carbonyl (C=O) groups is 2. The van der Waals surface area contributed by atoms with Crippen molar-refractivity contribution >= 4 is 23.5 Å². The van der Waals surface area contributed by atoms with Gasteiger partial charge in [-0.15, -0.1) is 0 Å². The van der Waals surface area contributed by atoms with Gasteiger partial charge in [0.15, 0.2) is 5.82 Å². The van der Waals surface area contributed by atoms with E-state index < -0.39 is 11.2 Å². The molecule has 5 N–H and O–H groups in total. The van der Waals surface area contributed by atoms with Crippen molar-refractivity contribution in [2.75, 3.05) is 36.8 Å². The number of H-pyrrole nitrogens is 1. The predicted octanol–water partition coefficient (Wildman–Crippen LogP) is 0.387. The maximum absolute atomic E-state index is 12.3. The zero-order valence-electron chi connectivity index (χ0n) is 20.5. The quantitative estimate of drug-likeness (QED) is 0.239. The molecule has 2 heterocycles. The molecule has 0 atom stereocenters. The van der Waals surface area contributed by atoms with E-state index in [0.29, 0.717) is 42.7 Å². The highest BCUT2D eigenvalue weighted by Crippen LogP contribution is 2.24. The Labute approximate surface area is 207 Å². The van der Waals surface area contributed by atoms with Crippen LogP contribution in [0.3, 0.4) is 0 Å². The Morgan fingerprint density at radius 1 is 0.917 bits per heavy atom. The number of nitrogens with zero attached hydrogens (tertiary/aromatic N) is 3. The van der Waals surface area contributed by atoms with Crippen LogP contribution in [0.4, 0.5) is 11.6 Å². The largest absolute Gasteiger partial charge is 0.368 e. The normalized spacial score (nSPS) is 10.5. The third-order valence-electron chi connectivity index (χ3n) is 5.21. The van der Waals surface area contributed by atoms with Crippen molar-refractivity contribution in [3.63, 3.8) is 0 Å². The third kappa shape index (κ3) is 7.26. The Bertz CT molecular complexity index is 1330. The SMILES string of the molecule is CC(=O)NCCNc1nc(-c2ccccc2)nc(NCCNC(=O)Cn2cc(C)c(=O)[nH]c2=O)c1C. The zero-order valence-corrected chi connectivity index (χ0v) is 20.5. The van der Waals surface area contributed by atoms with Crippen molar-refractivity contribution < 1.29 is 9.59 Å². The van der Waals surface area contributed by atoms with Crippen molar-refractivity contribution in [1.82, 2.24) is 30.2 Å². The molecule has 1 aromatic carbocycles. The molecule has 0 aliphatic heterocycles. The lowest BCUT2D eigenvalue weighted by molar-refractivity contribution is -0.121. The van der Waals surface area contributed by atoms with Gasteiger partial charge >= 0.3 is 5.69 Å². The molecule has 0 aliphatic carbocycles. The molecule has 3 rings (SSSR count). The van der Waals surface area contributed by atoms with Crippen molar-refractivity contribution in [3.8, 4) is 11.4 Å². The fourth-order valence-corrected chi connectivity index (χ4v) is 3.33. The first-order valence-corrected chi connectivity index (χ1v) is 11.5. The van der Waals surface area contributed by atoms with E-state index >= 15 is 0 Å². The highest BCUT2D eigenvalue weighted by atomic mass is 16.2. The molecule has 0 saturated carbocycles. The number of anilines is 2. The summed E-state index contributed by atoms with van der Waals surface area (Å²) in [5, 5.41) is 11.9. The van der Waals surface area contributed by atoms with Crippen LogP contribution in [0, 0.1) is 13.8 Å². The smallest absolute Gasteiger partial charge is 0.328 e. The lowest BCUT2D eigenvalue weighted by atomic mass is 10.2. The molecule has 0 saturated heterocycles. The topological polar surface area (TPSA) is 163 Å². The van der Waals surface area contributed by atoms with E-state index in [1.165, 1.54) is 13.1 Å². The minimum atomic E-state index is -0.637. The summed E-state index contributed by atoms with van der Waals surface area (Å²) in [6.45, 7) is 6.30. The van der Waals surface area contributed by atoms with E-state index in [1.54, 1.807) is 6.92 Å². The van der Waals surface area contributed by atoms with E-state index in [4.69, 9.17) is 0 Å². The van der Waals surface area contributed by atoms with Gasteiger partial charge in [-0.25, -0.2) is 14.8 Å². The Morgan fingerprint density at radius 2 is 1.53 bits per heavy atom. The zero-order chi connectivity index (χ0) is 26.1. The van der Waals surface area contributed by atoms with E-state index in [-0.39, 0.29) is 24.9 Å². The van der Waals surface area contributed by atoms with Crippen LogP contribution in [0.15, 0.2) is 46.1 Å². The summed E-state index contributed by atoms with van der Waals surface area (Å²) in [5.74, 6) is 1.30. The second kappa shape index (κ2) is 12.3. The van der Waals surface area contributed by atoms with Crippen LogP contribution in [0.5, 0.6) is 0 Å². The standard InChI is InChI=1S/C24H30N8O4/c1-15-13-32(24(36)31-23(15)35)14-19(34)26-10-12-28-21-16(2)20(27-11-9-25-17(3)33)29-22(30-21)18-7-5-4-6-8-18/h4-8,13H,9-12,14H2,1-3H3,(H,25,33)(H,26,34)(H,31,35,36)(H2,27,28,29,30). The number of aryl methyl sites for hydroxylation is 1. The summed E-state index contributed by atoms with van der Waals surface area (Å²) in [6.07, 6.45) is 1.36. The van der Waals surface area contributed by atoms with Crippen molar-refractivity contribution in [2.45, 2.75) is 27.3 Å². The highest BCUT2D eigenvalue weighted by molar-refractivity contribution is 5.75. The fraction of sp³-hybridized carbons (Fsp3) is 0.333. The Morgan fingerprint density at radius 3 is 2.14 bits per heavy atom. The van der Waals surface area contributed by atoms with Gasteiger partial charge in [-0.2, -0.15) is 0 Å². The summed E-state index contributed by atoms with van der Waals surface area (Å²) < 4.78 is 1.15. The van der Waals surface area contributed by atoms with E-state index in [0.717, 1.165) is 15.7 Å². The molecule has 0 spiro atoms. The minimum absolute atomic E-state index is 0.105. The van der Waals surface area contributed by atoms with Crippen molar-refractivity contribution in [3.05, 3.63) is 68.5 Å². The Kier molecular flexibility index (Phi) is 8.92. The summed E-state index contributed by atoms with van der Waals surface area (Å²) >= 11 is 0. The third-order valence-corrected chi connectivity index (χ3v) is 5.21. The first-order chi connectivity index (χ1) is 17.2. The highest BCUT2D eigenvalue weighted by Gasteiger charge is 2.13. The molecule has 12 nitrogen and oxygen atoms in total. The second-order valence-electron chi connectivity index (χ2n) is 8.12. The van der Waals surface area contributed by atoms with Gasteiger partial charge in [-0.05, 0) is 13.8 Å². The van der Waals surface area contributed by atoms with Gasteiger partial charge in [0.25, 0.3) is 5.56 Å². The van der Waals surface area contributed by atoms with Crippen LogP contribution >= 0.6 is 0 Å². The lowest BCUT2D eigenvalue weighted by Crippen LogP contribution is -2.37. The minimum Gasteiger partial charge on any atom is -0.368 e. The Balaban J connectivity index is 1.64. The Hall–Kier alpha value is -4.48. The van der Waals surface area contributed by atoms with Gasteiger partial charge in [0.2, 0.25) is 11.8 Å². The second-order valence-corrected chi connectivity index (χ2v) is 8.12. The number of carbonyl (C=O) groups excluding carboxylic acids is 2. The van der Waals surface area contributed by atoms with Gasteiger partial charge in [0.1, 0.15) is 18.2 Å². The number of aromatic amines is 1. The fourth-order valence-electron chi connectivity index (χ4n) is 3.33. The van der Waals surface area contributed by atoms with Crippen LogP contribution < -0.4 is 32.5 Å². The van der Waals surface area contributed by atoms with Crippen molar-refractivity contribution in [2.24, 2.45) is 0 Å². The van der Waals surface area contributed by atoms with E-state index in [1.807, 2.05) is 37.3 Å². The first kappa shape index (κ1) is 26.1. The summed E-state index contributed by atoms with van der Waals surface area (Å²) in [4.78, 5) is 58.2. The number of nitrogens with one attached hydrogen (secondary N) is 5. The van der Waals surface area contributed by atoms with Crippen molar-refractivity contribution in [1.29, 1.82) is 0 Å². The number of benzene rings is 1. The van der Waals surface area contributed by atoms with Gasteiger partial charge in [0, 0.05) is 56.0 Å². The average molecular weight is 495 g/mol. The monoisotopic (exact) mass is 494 g/mol. The number of rotatable bonds is 11. The molecule has 0 radical (unpaired) electrons.